The van der Waals surface area contributed by atoms with Crippen molar-refractivity contribution < 1.29 is 17.9 Å². The monoisotopic (exact) mass is 520 g/mol. The van der Waals surface area contributed by atoms with Crippen molar-refractivity contribution in [1.82, 2.24) is 4.90 Å². The predicted molar refractivity (Wildman–Crippen MR) is 148 cm³/mol. The van der Waals surface area contributed by atoms with Gasteiger partial charge in [0.15, 0.2) is 0 Å². The summed E-state index contributed by atoms with van der Waals surface area (Å²) >= 11 is 0. The Labute approximate surface area is 220 Å². The van der Waals surface area contributed by atoms with E-state index in [2.05, 4.69) is 33.9 Å². The molecule has 2 atom stereocenters. The third-order valence-electron chi connectivity index (χ3n) is 7.78. The summed E-state index contributed by atoms with van der Waals surface area (Å²) < 4.78 is 38.5. The second kappa shape index (κ2) is 11.3. The zero-order chi connectivity index (χ0) is 25.7. The van der Waals surface area contributed by atoms with Gasteiger partial charge in [0.2, 0.25) is 10.0 Å². The van der Waals surface area contributed by atoms with Crippen LogP contribution >= 0.6 is 0 Å². The molecule has 6 nitrogen and oxygen atoms in total. The Balaban J connectivity index is 1.27. The van der Waals surface area contributed by atoms with Crippen LogP contribution in [0.4, 0.5) is 5.69 Å². The molecule has 3 aromatic carbocycles. The number of hydrogen-bond donors (Lipinski definition) is 1. The van der Waals surface area contributed by atoms with E-state index in [0.29, 0.717) is 11.7 Å². The molecule has 3 aromatic rings. The molecule has 0 spiro atoms. The Morgan fingerprint density at radius 3 is 2.62 bits per heavy atom. The topological polar surface area (TPSA) is 67.9 Å². The van der Waals surface area contributed by atoms with Crippen LogP contribution in [0.2, 0.25) is 0 Å². The Morgan fingerprint density at radius 1 is 0.973 bits per heavy atom. The van der Waals surface area contributed by atoms with E-state index in [1.54, 1.807) is 0 Å². The first-order valence-electron chi connectivity index (χ1n) is 13.1. The SMILES string of the molecule is COCCS(=O)(=O)Nc1cccc(C23CCCC(C2)N(Cc2cccc(Oc4ccccc4)c2)CC3)c1. The minimum absolute atomic E-state index is 0.0481. The number of methoxy groups -OCH3 is 1. The average Bonchev–Trinajstić information content (AvgIpc) is 2.90. The van der Waals surface area contributed by atoms with Crippen LogP contribution in [0.3, 0.4) is 0 Å². The van der Waals surface area contributed by atoms with Crippen LogP contribution in [-0.2, 0) is 26.7 Å². The summed E-state index contributed by atoms with van der Waals surface area (Å²) in [5, 5.41) is 0. The molecule has 2 fully saturated rings. The van der Waals surface area contributed by atoms with E-state index in [9.17, 15) is 8.42 Å². The maximum absolute atomic E-state index is 12.4. The molecule has 196 valence electrons. The van der Waals surface area contributed by atoms with Gasteiger partial charge in [-0.1, -0.05) is 48.9 Å². The van der Waals surface area contributed by atoms with Gasteiger partial charge in [0.05, 0.1) is 12.4 Å². The van der Waals surface area contributed by atoms with Gasteiger partial charge in [0, 0.05) is 25.4 Å². The van der Waals surface area contributed by atoms with Crippen molar-refractivity contribution in [2.45, 2.75) is 50.1 Å². The lowest BCUT2D eigenvalue weighted by Crippen LogP contribution is -2.51. The van der Waals surface area contributed by atoms with Gasteiger partial charge in [-0.2, -0.15) is 0 Å². The van der Waals surface area contributed by atoms with Gasteiger partial charge >= 0.3 is 0 Å². The number of anilines is 1. The zero-order valence-corrected chi connectivity index (χ0v) is 22.3. The highest BCUT2D eigenvalue weighted by Crippen LogP contribution is 2.47. The maximum atomic E-state index is 12.4. The van der Waals surface area contributed by atoms with Crippen LogP contribution in [0.5, 0.6) is 11.5 Å². The van der Waals surface area contributed by atoms with Gasteiger partial charge in [0.1, 0.15) is 11.5 Å². The highest BCUT2D eigenvalue weighted by atomic mass is 32.2. The van der Waals surface area contributed by atoms with Crippen LogP contribution in [0.15, 0.2) is 78.9 Å². The fraction of sp³-hybridized carbons (Fsp3) is 0.400. The first-order chi connectivity index (χ1) is 17.9. The molecule has 2 unspecified atom stereocenters. The quantitative estimate of drug-likeness (QED) is 0.358. The summed E-state index contributed by atoms with van der Waals surface area (Å²) in [5.74, 6) is 1.66. The molecule has 7 heteroatoms. The first-order valence-corrected chi connectivity index (χ1v) is 14.8. The van der Waals surface area contributed by atoms with Crippen molar-refractivity contribution >= 4 is 15.7 Å². The number of benzene rings is 3. The average molecular weight is 521 g/mol. The largest absolute Gasteiger partial charge is 0.457 e. The molecule has 1 saturated carbocycles. The summed E-state index contributed by atoms with van der Waals surface area (Å²) in [4.78, 5) is 2.62. The number of para-hydroxylation sites is 1. The first kappa shape index (κ1) is 25.8. The number of sulfonamides is 1. The van der Waals surface area contributed by atoms with Crippen molar-refractivity contribution in [3.63, 3.8) is 0 Å². The molecule has 1 N–H and O–H groups in total. The van der Waals surface area contributed by atoms with Gasteiger partial charge in [-0.3, -0.25) is 9.62 Å². The molecular weight excluding hydrogens is 484 g/mol. The van der Waals surface area contributed by atoms with Crippen molar-refractivity contribution in [2.24, 2.45) is 0 Å². The van der Waals surface area contributed by atoms with Crippen molar-refractivity contribution in [2.75, 3.05) is 30.7 Å². The van der Waals surface area contributed by atoms with Crippen molar-refractivity contribution in [3.8, 4) is 11.5 Å². The number of nitrogens with zero attached hydrogens (tertiary/aromatic N) is 1. The Hall–Kier alpha value is -2.87. The third kappa shape index (κ3) is 6.35. The van der Waals surface area contributed by atoms with Gasteiger partial charge in [-0.25, -0.2) is 8.42 Å². The molecule has 37 heavy (non-hydrogen) atoms. The smallest absolute Gasteiger partial charge is 0.234 e. The van der Waals surface area contributed by atoms with Crippen LogP contribution in [0.1, 0.15) is 43.2 Å². The Bertz CT molecular complexity index is 1300. The van der Waals surface area contributed by atoms with E-state index < -0.39 is 10.0 Å². The molecule has 1 aliphatic carbocycles. The Morgan fingerprint density at radius 2 is 1.78 bits per heavy atom. The highest BCUT2D eigenvalue weighted by molar-refractivity contribution is 7.92. The predicted octanol–water partition coefficient (Wildman–Crippen LogP) is 5.95. The van der Waals surface area contributed by atoms with Crippen molar-refractivity contribution in [1.29, 1.82) is 0 Å². The molecule has 2 aliphatic rings. The lowest BCUT2D eigenvalue weighted by Gasteiger charge is -2.51. The molecule has 1 saturated heterocycles. The van der Waals surface area contributed by atoms with Crippen molar-refractivity contribution in [3.05, 3.63) is 90.0 Å². The number of fused-ring (bicyclic) bond motifs is 2. The summed E-state index contributed by atoms with van der Waals surface area (Å²) in [6.45, 7) is 2.11. The molecule has 2 bridgehead atoms. The molecule has 1 aliphatic heterocycles. The highest BCUT2D eigenvalue weighted by Gasteiger charge is 2.43. The standard InChI is InChI=1S/C30H36N2O4S/c1-35-18-19-37(33,34)31-26-10-6-9-25(21-26)30-15-7-11-27(22-30)32(17-16-30)23-24-8-5-14-29(20-24)36-28-12-3-2-4-13-28/h2-6,8-10,12-14,20-21,27,31H,7,11,15-19,22-23H2,1H3. The van der Waals surface area contributed by atoms with Gasteiger partial charge in [-0.15, -0.1) is 0 Å². The van der Waals surface area contributed by atoms with Gasteiger partial charge in [-0.05, 0) is 85.2 Å². The molecule has 1 heterocycles. The molecule has 5 rings (SSSR count). The van der Waals surface area contributed by atoms with E-state index >= 15 is 0 Å². The van der Waals surface area contributed by atoms with Crippen LogP contribution in [0.25, 0.3) is 0 Å². The van der Waals surface area contributed by atoms with E-state index in [-0.39, 0.29) is 17.8 Å². The van der Waals surface area contributed by atoms with E-state index in [1.807, 2.05) is 54.6 Å². The minimum Gasteiger partial charge on any atom is -0.457 e. The van der Waals surface area contributed by atoms with E-state index in [4.69, 9.17) is 9.47 Å². The molecule has 0 radical (unpaired) electrons. The minimum atomic E-state index is -3.43. The number of hydrogen-bond acceptors (Lipinski definition) is 5. The normalized spacial score (nSPS) is 21.9. The van der Waals surface area contributed by atoms with E-state index in [1.165, 1.54) is 31.1 Å². The number of likely N-dealkylation sites (tertiary alicyclic amines) is 1. The molecular formula is C30H36N2O4S. The summed E-state index contributed by atoms with van der Waals surface area (Å²) in [7, 11) is -1.92. The van der Waals surface area contributed by atoms with Crippen LogP contribution in [0, 0.1) is 0 Å². The van der Waals surface area contributed by atoms with Crippen LogP contribution < -0.4 is 9.46 Å². The summed E-state index contributed by atoms with van der Waals surface area (Å²) in [5.41, 5.74) is 3.26. The summed E-state index contributed by atoms with van der Waals surface area (Å²) in [6, 6.07) is 26.9. The maximum Gasteiger partial charge on any atom is 0.234 e. The van der Waals surface area contributed by atoms with E-state index in [0.717, 1.165) is 43.9 Å². The fourth-order valence-corrected chi connectivity index (χ4v) is 6.90. The van der Waals surface area contributed by atoms with Gasteiger partial charge in [0.25, 0.3) is 0 Å². The van der Waals surface area contributed by atoms with Crippen LogP contribution in [-0.4, -0.2) is 45.4 Å². The number of nitrogens with one attached hydrogen (secondary N) is 1. The van der Waals surface area contributed by atoms with Gasteiger partial charge < -0.3 is 9.47 Å². The molecule has 0 amide bonds. The number of piperidine rings is 1. The fourth-order valence-electron chi connectivity index (χ4n) is 5.93. The lowest BCUT2D eigenvalue weighted by molar-refractivity contribution is 0.0458. The summed E-state index contributed by atoms with van der Waals surface area (Å²) in [6.07, 6.45) is 5.71. The Kier molecular flexibility index (Phi) is 7.84. The lowest BCUT2D eigenvalue weighted by atomic mass is 9.63. The third-order valence-corrected chi connectivity index (χ3v) is 9.03. The number of ether oxygens (including phenoxy) is 2. The number of rotatable bonds is 10. The zero-order valence-electron chi connectivity index (χ0n) is 21.4. The second-order valence-corrected chi connectivity index (χ2v) is 12.1. The molecule has 0 aromatic heterocycles. The second-order valence-electron chi connectivity index (χ2n) is 10.3.